The highest BCUT2D eigenvalue weighted by Crippen LogP contribution is 2.25. The first-order valence-corrected chi connectivity index (χ1v) is 10.3. The Bertz CT molecular complexity index is 922. The SMILES string of the molecule is Nc1ccc(CNCCN2Cc3ccccc3CC2Cc2ccc(F)cc2)cc1. The molecule has 4 heteroatoms. The molecule has 3 N–H and O–H groups in total. The fourth-order valence-corrected chi connectivity index (χ4v) is 4.09. The predicted molar refractivity (Wildman–Crippen MR) is 117 cm³/mol. The Balaban J connectivity index is 1.39. The number of hydrogen-bond acceptors (Lipinski definition) is 3. The van der Waals surface area contributed by atoms with Gasteiger partial charge in [0, 0.05) is 37.9 Å². The third-order valence-corrected chi connectivity index (χ3v) is 5.73. The van der Waals surface area contributed by atoms with Crippen LogP contribution in [0.25, 0.3) is 0 Å². The molecule has 0 spiro atoms. The van der Waals surface area contributed by atoms with Gasteiger partial charge in [-0.3, -0.25) is 4.90 Å². The van der Waals surface area contributed by atoms with E-state index in [-0.39, 0.29) is 5.82 Å². The topological polar surface area (TPSA) is 41.3 Å². The normalized spacial score (nSPS) is 16.5. The molecule has 0 radical (unpaired) electrons. The maximum Gasteiger partial charge on any atom is 0.123 e. The number of nitrogens with one attached hydrogen (secondary N) is 1. The van der Waals surface area contributed by atoms with Crippen molar-refractivity contribution in [2.45, 2.75) is 32.0 Å². The number of nitrogen functional groups attached to an aromatic ring is 1. The van der Waals surface area contributed by atoms with Crippen molar-refractivity contribution in [1.29, 1.82) is 0 Å². The Kier molecular flexibility index (Phi) is 6.23. The van der Waals surface area contributed by atoms with Gasteiger partial charge in [-0.2, -0.15) is 0 Å². The number of fused-ring (bicyclic) bond motifs is 1. The summed E-state index contributed by atoms with van der Waals surface area (Å²) in [5, 5.41) is 3.55. The number of benzene rings is 3. The quantitative estimate of drug-likeness (QED) is 0.471. The molecule has 0 saturated heterocycles. The molecule has 1 aliphatic rings. The van der Waals surface area contributed by atoms with Crippen LogP contribution in [0, 0.1) is 5.82 Å². The highest BCUT2D eigenvalue weighted by atomic mass is 19.1. The van der Waals surface area contributed by atoms with Gasteiger partial charge in [0.05, 0.1) is 0 Å². The van der Waals surface area contributed by atoms with Gasteiger partial charge in [-0.25, -0.2) is 4.39 Å². The average molecular weight is 390 g/mol. The van der Waals surface area contributed by atoms with Gasteiger partial charge in [-0.05, 0) is 59.4 Å². The molecule has 4 rings (SSSR count). The number of halogens is 1. The number of rotatable bonds is 7. The lowest BCUT2D eigenvalue weighted by atomic mass is 9.90. The minimum atomic E-state index is -0.175. The van der Waals surface area contributed by atoms with E-state index in [2.05, 4.69) is 46.6 Å². The molecule has 3 aromatic rings. The smallest absolute Gasteiger partial charge is 0.123 e. The van der Waals surface area contributed by atoms with E-state index >= 15 is 0 Å². The van der Waals surface area contributed by atoms with Crippen LogP contribution in [0.2, 0.25) is 0 Å². The van der Waals surface area contributed by atoms with Gasteiger partial charge in [0.1, 0.15) is 5.82 Å². The van der Waals surface area contributed by atoms with Crippen molar-refractivity contribution in [3.63, 3.8) is 0 Å². The number of hydrogen-bond donors (Lipinski definition) is 2. The van der Waals surface area contributed by atoms with E-state index in [9.17, 15) is 4.39 Å². The maximum atomic E-state index is 13.3. The number of nitrogens with zero attached hydrogens (tertiary/aromatic N) is 1. The second-order valence-electron chi connectivity index (χ2n) is 7.85. The Morgan fingerprint density at radius 1 is 0.897 bits per heavy atom. The van der Waals surface area contributed by atoms with Crippen LogP contribution in [-0.2, 0) is 25.9 Å². The highest BCUT2D eigenvalue weighted by Gasteiger charge is 2.25. The summed E-state index contributed by atoms with van der Waals surface area (Å²) >= 11 is 0. The molecule has 0 fully saturated rings. The molecule has 150 valence electrons. The molecule has 0 amide bonds. The van der Waals surface area contributed by atoms with Crippen molar-refractivity contribution >= 4 is 5.69 Å². The van der Waals surface area contributed by atoms with Gasteiger partial charge in [0.25, 0.3) is 0 Å². The molecular weight excluding hydrogens is 361 g/mol. The van der Waals surface area contributed by atoms with Crippen LogP contribution in [0.15, 0.2) is 72.8 Å². The zero-order chi connectivity index (χ0) is 20.1. The molecule has 0 bridgehead atoms. The number of nitrogens with two attached hydrogens (primary N) is 1. The maximum absolute atomic E-state index is 13.3. The van der Waals surface area contributed by atoms with Crippen LogP contribution in [0.1, 0.15) is 22.3 Å². The lowest BCUT2D eigenvalue weighted by Crippen LogP contribution is -2.44. The molecule has 0 aliphatic carbocycles. The standard InChI is InChI=1S/C25H28FN3/c26-23-9-5-19(6-10-23)15-25-16-21-3-1-2-4-22(21)18-29(25)14-13-28-17-20-7-11-24(27)12-8-20/h1-12,25,28H,13-18,27H2. The van der Waals surface area contributed by atoms with Crippen LogP contribution < -0.4 is 11.1 Å². The Morgan fingerprint density at radius 3 is 2.34 bits per heavy atom. The molecule has 1 unspecified atom stereocenters. The van der Waals surface area contributed by atoms with E-state index in [1.54, 1.807) is 12.1 Å². The largest absolute Gasteiger partial charge is 0.399 e. The second kappa shape index (κ2) is 9.21. The van der Waals surface area contributed by atoms with E-state index < -0.39 is 0 Å². The summed E-state index contributed by atoms with van der Waals surface area (Å²) < 4.78 is 13.3. The summed E-state index contributed by atoms with van der Waals surface area (Å²) in [5.41, 5.74) is 11.8. The van der Waals surface area contributed by atoms with E-state index in [0.717, 1.165) is 44.7 Å². The highest BCUT2D eigenvalue weighted by molar-refractivity contribution is 5.39. The molecule has 3 nitrogen and oxygen atoms in total. The summed E-state index contributed by atoms with van der Waals surface area (Å²) in [6.45, 7) is 3.71. The zero-order valence-electron chi connectivity index (χ0n) is 16.7. The third-order valence-electron chi connectivity index (χ3n) is 5.73. The van der Waals surface area contributed by atoms with Gasteiger partial charge < -0.3 is 11.1 Å². The molecule has 29 heavy (non-hydrogen) atoms. The van der Waals surface area contributed by atoms with Crippen molar-refractivity contribution < 1.29 is 4.39 Å². The summed E-state index contributed by atoms with van der Waals surface area (Å²) in [6.07, 6.45) is 1.97. The summed E-state index contributed by atoms with van der Waals surface area (Å²) in [7, 11) is 0. The van der Waals surface area contributed by atoms with Crippen molar-refractivity contribution in [2.75, 3.05) is 18.8 Å². The Labute approximate surface area is 172 Å². The van der Waals surface area contributed by atoms with Gasteiger partial charge in [-0.1, -0.05) is 48.5 Å². The fourth-order valence-electron chi connectivity index (χ4n) is 4.09. The predicted octanol–water partition coefficient (Wildman–Crippen LogP) is 4.17. The fraction of sp³-hybridized carbons (Fsp3) is 0.280. The first-order valence-electron chi connectivity index (χ1n) is 10.3. The van der Waals surface area contributed by atoms with E-state index in [4.69, 9.17) is 5.73 Å². The zero-order valence-corrected chi connectivity index (χ0v) is 16.7. The monoisotopic (exact) mass is 389 g/mol. The van der Waals surface area contributed by atoms with Gasteiger partial charge in [0.2, 0.25) is 0 Å². The van der Waals surface area contributed by atoms with Crippen molar-refractivity contribution in [3.8, 4) is 0 Å². The third kappa shape index (κ3) is 5.22. The van der Waals surface area contributed by atoms with Crippen molar-refractivity contribution in [2.24, 2.45) is 0 Å². The van der Waals surface area contributed by atoms with Crippen molar-refractivity contribution in [3.05, 3.63) is 101 Å². The van der Waals surface area contributed by atoms with Crippen LogP contribution in [0.5, 0.6) is 0 Å². The molecule has 1 aliphatic heterocycles. The lowest BCUT2D eigenvalue weighted by Gasteiger charge is -2.37. The molecule has 0 aromatic heterocycles. The molecule has 0 saturated carbocycles. The summed E-state index contributed by atoms with van der Waals surface area (Å²) in [4.78, 5) is 2.56. The van der Waals surface area contributed by atoms with E-state index in [1.165, 1.54) is 22.3 Å². The van der Waals surface area contributed by atoms with Crippen LogP contribution in [0.4, 0.5) is 10.1 Å². The van der Waals surface area contributed by atoms with Gasteiger partial charge >= 0.3 is 0 Å². The number of anilines is 1. The summed E-state index contributed by atoms with van der Waals surface area (Å²) in [6, 6.07) is 24.1. The van der Waals surface area contributed by atoms with E-state index in [0.29, 0.717) is 6.04 Å². The minimum absolute atomic E-state index is 0.175. The molecular formula is C25H28FN3. The Morgan fingerprint density at radius 2 is 1.59 bits per heavy atom. The first kappa shape index (κ1) is 19.6. The van der Waals surface area contributed by atoms with Gasteiger partial charge in [-0.15, -0.1) is 0 Å². The van der Waals surface area contributed by atoms with Crippen LogP contribution in [-0.4, -0.2) is 24.0 Å². The molecule has 1 heterocycles. The Hall–Kier alpha value is -2.69. The molecule has 1 atom stereocenters. The van der Waals surface area contributed by atoms with Crippen molar-refractivity contribution in [1.82, 2.24) is 10.2 Å². The minimum Gasteiger partial charge on any atom is -0.399 e. The molecule has 3 aromatic carbocycles. The first-order chi connectivity index (χ1) is 14.2. The van der Waals surface area contributed by atoms with Crippen LogP contribution >= 0.6 is 0 Å². The van der Waals surface area contributed by atoms with Crippen LogP contribution in [0.3, 0.4) is 0 Å². The second-order valence-corrected chi connectivity index (χ2v) is 7.85. The summed E-state index contributed by atoms with van der Waals surface area (Å²) in [5.74, 6) is -0.175. The lowest BCUT2D eigenvalue weighted by molar-refractivity contribution is 0.170. The average Bonchev–Trinajstić information content (AvgIpc) is 2.74. The van der Waals surface area contributed by atoms with E-state index in [1.807, 2.05) is 24.3 Å². The van der Waals surface area contributed by atoms with Gasteiger partial charge in [0.15, 0.2) is 0 Å².